The molecule has 0 aromatic carbocycles. The van der Waals surface area contributed by atoms with E-state index in [2.05, 4.69) is 25.0 Å². The number of methoxy groups -OCH3 is 1. The number of nitrogen functional groups attached to an aromatic ring is 1. The maximum absolute atomic E-state index is 12.7. The average molecular weight is 424 g/mol. The molecule has 154 valence electrons. The van der Waals surface area contributed by atoms with Crippen LogP contribution >= 0.6 is 11.3 Å². The summed E-state index contributed by atoms with van der Waals surface area (Å²) in [4.78, 5) is 57.4. The van der Waals surface area contributed by atoms with Crippen molar-refractivity contribution in [2.24, 2.45) is 5.16 Å². The van der Waals surface area contributed by atoms with E-state index >= 15 is 0 Å². The molecular formula is C15H16N6O7S. The summed E-state index contributed by atoms with van der Waals surface area (Å²) in [5.74, 6) is -3.79. The zero-order valence-electron chi connectivity index (χ0n) is 15.2. The smallest absolute Gasteiger partial charge is 0.354 e. The summed E-state index contributed by atoms with van der Waals surface area (Å²) in [7, 11) is 2.35. The quantitative estimate of drug-likeness (QED) is 0.267. The van der Waals surface area contributed by atoms with E-state index in [1.54, 1.807) is 0 Å². The highest BCUT2D eigenvalue weighted by Crippen LogP contribution is 2.30. The molecule has 1 fully saturated rings. The molecule has 0 spiro atoms. The number of ether oxygens (including phenoxy) is 1. The molecule has 2 aliphatic heterocycles. The number of nitrogens with two attached hydrogens (primary N) is 1. The Kier molecular flexibility index (Phi) is 5.47. The van der Waals surface area contributed by atoms with Crippen LogP contribution in [-0.2, 0) is 28.8 Å². The number of carboxylic acid groups (broad SMARTS) is 1. The molecule has 4 N–H and O–H groups in total. The van der Waals surface area contributed by atoms with Crippen molar-refractivity contribution >= 4 is 45.9 Å². The molecule has 1 saturated heterocycles. The minimum atomic E-state index is -1.46. The number of oxime groups is 1. The Labute approximate surface area is 167 Å². The number of rotatable bonds is 6. The normalized spacial score (nSPS) is 19.4. The number of carbonyl (C=O) groups is 4. The molecule has 1 aromatic heterocycles. The fourth-order valence-corrected chi connectivity index (χ4v) is 3.51. The third-order valence-electron chi connectivity index (χ3n) is 4.12. The molecule has 1 unspecified atom stereocenters. The largest absolute Gasteiger partial charge is 0.477 e. The molecule has 0 radical (unpaired) electrons. The molecule has 14 heteroatoms. The van der Waals surface area contributed by atoms with Gasteiger partial charge in [0.1, 0.15) is 18.8 Å². The predicted octanol–water partition coefficient (Wildman–Crippen LogP) is -1.85. The minimum Gasteiger partial charge on any atom is -0.477 e. The molecule has 1 aromatic rings. The number of aliphatic carboxylic acids is 1. The van der Waals surface area contributed by atoms with Gasteiger partial charge in [-0.1, -0.05) is 5.16 Å². The highest BCUT2D eigenvalue weighted by Gasteiger charge is 2.49. The van der Waals surface area contributed by atoms with Crippen LogP contribution in [-0.4, -0.2) is 82.9 Å². The monoisotopic (exact) mass is 424 g/mol. The van der Waals surface area contributed by atoms with Crippen molar-refractivity contribution in [3.63, 3.8) is 0 Å². The Hall–Kier alpha value is -3.52. The number of hydrazine groups is 1. The standard InChI is InChI=1S/C15H16N6O7S/c1-27-14(26)6-3-20-4-7(12(23)21(20)10(6)13(24)25)17-11(22)9(19-28-2)8-5-29-15(16)18-8/h5,7H,3-4H2,1-2H3,(H2,16,18)(H,17,22)(H,24,25). The predicted molar refractivity (Wildman–Crippen MR) is 97.1 cm³/mol. The molecule has 1 atom stereocenters. The molecule has 0 bridgehead atoms. The van der Waals surface area contributed by atoms with Gasteiger partial charge in [-0.05, 0) is 0 Å². The number of anilines is 1. The van der Waals surface area contributed by atoms with Crippen LogP contribution in [0.25, 0.3) is 0 Å². The van der Waals surface area contributed by atoms with E-state index < -0.39 is 35.5 Å². The van der Waals surface area contributed by atoms with E-state index in [4.69, 9.17) is 5.73 Å². The van der Waals surface area contributed by atoms with Gasteiger partial charge in [-0.2, -0.15) is 0 Å². The SMILES string of the molecule is CON=C(C(=O)NC1CN2CC(C(=O)OC)=C(C(=O)O)N2C1=O)c1csc(N)n1. The number of amides is 2. The molecule has 2 amide bonds. The Bertz CT molecular complexity index is 955. The lowest BCUT2D eigenvalue weighted by molar-refractivity contribution is -0.143. The number of carboxylic acids is 1. The average Bonchev–Trinajstić information content (AvgIpc) is 3.34. The number of hydrogen-bond donors (Lipinski definition) is 3. The number of hydrogen-bond acceptors (Lipinski definition) is 11. The van der Waals surface area contributed by atoms with Gasteiger partial charge in [-0.15, -0.1) is 11.3 Å². The van der Waals surface area contributed by atoms with Crippen LogP contribution in [0.4, 0.5) is 5.13 Å². The molecule has 29 heavy (non-hydrogen) atoms. The minimum absolute atomic E-state index is 0.0543. The Morgan fingerprint density at radius 3 is 2.69 bits per heavy atom. The lowest BCUT2D eigenvalue weighted by Gasteiger charge is -2.18. The lowest BCUT2D eigenvalue weighted by Crippen LogP contribution is -2.46. The third-order valence-corrected chi connectivity index (χ3v) is 4.80. The van der Waals surface area contributed by atoms with E-state index in [0.29, 0.717) is 0 Å². The number of carbonyl (C=O) groups excluding carboxylic acids is 3. The van der Waals surface area contributed by atoms with Crippen LogP contribution < -0.4 is 11.1 Å². The van der Waals surface area contributed by atoms with Gasteiger partial charge < -0.3 is 25.7 Å². The second-order valence-electron chi connectivity index (χ2n) is 5.84. The van der Waals surface area contributed by atoms with Gasteiger partial charge in [0.15, 0.2) is 16.5 Å². The van der Waals surface area contributed by atoms with Crippen molar-refractivity contribution in [3.8, 4) is 0 Å². The number of fused-ring (bicyclic) bond motifs is 1. The number of nitrogens with one attached hydrogen (secondary N) is 1. The molecule has 0 aliphatic carbocycles. The van der Waals surface area contributed by atoms with Gasteiger partial charge in [-0.25, -0.2) is 24.6 Å². The number of esters is 1. The molecule has 2 aliphatic rings. The van der Waals surface area contributed by atoms with Gasteiger partial charge >= 0.3 is 11.9 Å². The molecule has 3 rings (SSSR count). The second-order valence-corrected chi connectivity index (χ2v) is 6.73. The van der Waals surface area contributed by atoms with E-state index in [-0.39, 0.29) is 35.2 Å². The van der Waals surface area contributed by atoms with Crippen LogP contribution in [0.15, 0.2) is 21.8 Å². The Morgan fingerprint density at radius 1 is 1.41 bits per heavy atom. The van der Waals surface area contributed by atoms with Crippen molar-refractivity contribution in [2.45, 2.75) is 6.04 Å². The first-order chi connectivity index (χ1) is 13.8. The maximum Gasteiger partial charge on any atom is 0.354 e. The fraction of sp³-hybridized carbons (Fsp3) is 0.333. The third kappa shape index (κ3) is 3.62. The van der Waals surface area contributed by atoms with E-state index in [1.807, 2.05) is 0 Å². The van der Waals surface area contributed by atoms with Crippen LogP contribution in [0, 0.1) is 0 Å². The first kappa shape index (κ1) is 20.2. The fourth-order valence-electron chi connectivity index (χ4n) is 2.96. The van der Waals surface area contributed by atoms with Gasteiger partial charge in [0, 0.05) is 11.9 Å². The summed E-state index contributed by atoms with van der Waals surface area (Å²) in [5.41, 5.74) is 4.88. The molecule has 13 nitrogen and oxygen atoms in total. The van der Waals surface area contributed by atoms with Gasteiger partial charge in [0.2, 0.25) is 0 Å². The zero-order chi connectivity index (χ0) is 21.3. The summed E-state index contributed by atoms with van der Waals surface area (Å²) in [6, 6.07) is -1.07. The van der Waals surface area contributed by atoms with Crippen LogP contribution in [0.3, 0.4) is 0 Å². The van der Waals surface area contributed by atoms with E-state index in [0.717, 1.165) is 23.5 Å². The molecule has 3 heterocycles. The van der Waals surface area contributed by atoms with Gasteiger partial charge in [-0.3, -0.25) is 9.59 Å². The highest BCUT2D eigenvalue weighted by atomic mass is 32.1. The summed E-state index contributed by atoms with van der Waals surface area (Å²) in [6.45, 7) is -0.199. The summed E-state index contributed by atoms with van der Waals surface area (Å²) < 4.78 is 4.58. The van der Waals surface area contributed by atoms with Crippen LogP contribution in [0.5, 0.6) is 0 Å². The summed E-state index contributed by atoms with van der Waals surface area (Å²) >= 11 is 1.09. The van der Waals surface area contributed by atoms with E-state index in [1.165, 1.54) is 17.5 Å². The van der Waals surface area contributed by atoms with Gasteiger partial charge in [0.05, 0.1) is 19.2 Å². The van der Waals surface area contributed by atoms with Crippen LogP contribution in [0.2, 0.25) is 0 Å². The Balaban J connectivity index is 1.81. The van der Waals surface area contributed by atoms with Crippen molar-refractivity contribution in [1.82, 2.24) is 20.3 Å². The summed E-state index contributed by atoms with van der Waals surface area (Å²) in [6.07, 6.45) is 0. The topological polar surface area (TPSA) is 177 Å². The zero-order valence-corrected chi connectivity index (χ0v) is 16.1. The van der Waals surface area contributed by atoms with Crippen molar-refractivity contribution < 1.29 is 33.9 Å². The number of nitrogens with zero attached hydrogens (tertiary/aromatic N) is 4. The first-order valence-corrected chi connectivity index (χ1v) is 8.93. The number of thiazole rings is 1. The number of aromatic nitrogens is 1. The lowest BCUT2D eigenvalue weighted by atomic mass is 10.1. The maximum atomic E-state index is 12.7. The molecule has 0 saturated carbocycles. The summed E-state index contributed by atoms with van der Waals surface area (Å²) in [5, 5.41) is 19.4. The molecular weight excluding hydrogens is 408 g/mol. The Morgan fingerprint density at radius 2 is 2.14 bits per heavy atom. The van der Waals surface area contributed by atoms with Crippen molar-refractivity contribution in [2.75, 3.05) is 33.0 Å². The first-order valence-electron chi connectivity index (χ1n) is 8.05. The highest BCUT2D eigenvalue weighted by molar-refractivity contribution is 7.13. The van der Waals surface area contributed by atoms with Crippen LogP contribution in [0.1, 0.15) is 5.69 Å². The van der Waals surface area contributed by atoms with Gasteiger partial charge in [0.25, 0.3) is 11.8 Å². The van der Waals surface area contributed by atoms with Crippen molar-refractivity contribution in [3.05, 3.63) is 22.3 Å². The van der Waals surface area contributed by atoms with Crippen molar-refractivity contribution in [1.29, 1.82) is 0 Å². The second kappa shape index (κ2) is 7.84. The van der Waals surface area contributed by atoms with E-state index in [9.17, 15) is 24.3 Å².